The molecule has 0 fully saturated rings. The fourth-order valence-electron chi connectivity index (χ4n) is 1.43. The van der Waals surface area contributed by atoms with Gasteiger partial charge in [-0.1, -0.05) is 24.9 Å². The molecule has 2 N–H and O–H groups in total. The molecule has 0 aliphatic heterocycles. The van der Waals surface area contributed by atoms with E-state index in [2.05, 4.69) is 15.8 Å². The fourth-order valence-corrected chi connectivity index (χ4v) is 1.66. The van der Waals surface area contributed by atoms with E-state index in [0.717, 1.165) is 12.8 Å². The van der Waals surface area contributed by atoms with E-state index in [1.165, 1.54) is 0 Å². The lowest BCUT2D eigenvalue weighted by Crippen LogP contribution is -2.11. The van der Waals surface area contributed by atoms with E-state index in [4.69, 9.17) is 22.1 Å². The Bertz CT molecular complexity index is 611. The van der Waals surface area contributed by atoms with E-state index in [9.17, 15) is 4.79 Å². The first-order valence-electron chi connectivity index (χ1n) is 6.34. The lowest BCUT2D eigenvalue weighted by molar-refractivity contribution is -0.116. The summed E-state index contributed by atoms with van der Waals surface area (Å²) in [5.74, 6) is -0.0891. The minimum atomic E-state index is -0.289. The Balaban J connectivity index is 2.73. The van der Waals surface area contributed by atoms with E-state index >= 15 is 0 Å². The van der Waals surface area contributed by atoms with Crippen molar-refractivity contribution in [3.8, 4) is 12.1 Å². The summed E-state index contributed by atoms with van der Waals surface area (Å²) in [5.41, 5.74) is 3.28. The first kappa shape index (κ1) is 16.5. The van der Waals surface area contributed by atoms with Gasteiger partial charge < -0.3 is 5.32 Å². The van der Waals surface area contributed by atoms with Gasteiger partial charge in [0.1, 0.15) is 12.1 Å². The second-order valence-corrected chi connectivity index (χ2v) is 4.55. The number of nitrogens with zero attached hydrogens (tertiary/aromatic N) is 3. The number of carbonyl (C=O) groups is 1. The number of carbonyl (C=O) groups excluding carboxylic acids is 1. The van der Waals surface area contributed by atoms with Crippen LogP contribution in [-0.2, 0) is 4.79 Å². The number of amides is 1. The number of rotatable bonds is 6. The van der Waals surface area contributed by atoms with Crippen molar-refractivity contribution in [1.82, 2.24) is 0 Å². The Kier molecular flexibility index (Phi) is 6.73. The number of hydrazone groups is 1. The highest BCUT2D eigenvalue weighted by atomic mass is 35.5. The normalized spacial score (nSPS) is 9.14. The quantitative estimate of drug-likeness (QED) is 0.622. The van der Waals surface area contributed by atoms with Crippen LogP contribution in [0.5, 0.6) is 0 Å². The molecule has 108 valence electrons. The van der Waals surface area contributed by atoms with Crippen molar-refractivity contribution in [2.75, 3.05) is 10.7 Å². The molecular formula is C14H14ClN5O. The number of nitrogens with one attached hydrogen (secondary N) is 2. The van der Waals surface area contributed by atoms with Gasteiger partial charge in [-0.05, 0) is 24.6 Å². The van der Waals surface area contributed by atoms with Crippen LogP contribution < -0.4 is 10.7 Å². The van der Waals surface area contributed by atoms with Crippen LogP contribution in [0.2, 0.25) is 5.02 Å². The van der Waals surface area contributed by atoms with Crippen molar-refractivity contribution in [3.63, 3.8) is 0 Å². The molecule has 0 atom stereocenters. The highest BCUT2D eigenvalue weighted by Crippen LogP contribution is 2.25. The molecule has 0 saturated heterocycles. The predicted molar refractivity (Wildman–Crippen MR) is 81.9 cm³/mol. The third-order valence-corrected chi connectivity index (χ3v) is 2.82. The predicted octanol–water partition coefficient (Wildman–Crippen LogP) is 3.28. The molecule has 0 spiro atoms. The molecule has 21 heavy (non-hydrogen) atoms. The van der Waals surface area contributed by atoms with Gasteiger partial charge in [-0.25, -0.2) is 0 Å². The Morgan fingerprint density at radius 3 is 2.67 bits per heavy atom. The molecule has 0 saturated carbocycles. The van der Waals surface area contributed by atoms with Crippen LogP contribution >= 0.6 is 11.6 Å². The summed E-state index contributed by atoms with van der Waals surface area (Å²) < 4.78 is 0. The number of hydrogen-bond acceptors (Lipinski definition) is 5. The standard InChI is InChI=1S/C14H14ClN5O/c1-2-3-4-14(21)18-13-6-5-10(7-12(13)15)19-20-11(8-16)9-17/h5-7,19H,2-4H2,1H3,(H,18,21). The van der Waals surface area contributed by atoms with Crippen LogP contribution in [-0.4, -0.2) is 11.6 Å². The topological polar surface area (TPSA) is 101 Å². The average molecular weight is 304 g/mol. The van der Waals surface area contributed by atoms with Gasteiger partial charge in [-0.3, -0.25) is 10.2 Å². The molecule has 1 aromatic carbocycles. The fraction of sp³-hybridized carbons (Fsp3) is 0.286. The van der Waals surface area contributed by atoms with Gasteiger partial charge in [0.2, 0.25) is 11.6 Å². The third kappa shape index (κ3) is 5.52. The summed E-state index contributed by atoms with van der Waals surface area (Å²) in [6.07, 6.45) is 2.22. The van der Waals surface area contributed by atoms with E-state index in [1.54, 1.807) is 30.3 Å². The first-order valence-corrected chi connectivity index (χ1v) is 6.71. The monoisotopic (exact) mass is 303 g/mol. The number of nitriles is 2. The van der Waals surface area contributed by atoms with Gasteiger partial charge in [-0.2, -0.15) is 15.6 Å². The molecule has 1 amide bonds. The summed E-state index contributed by atoms with van der Waals surface area (Å²) in [6.45, 7) is 2.01. The van der Waals surface area contributed by atoms with Gasteiger partial charge in [0.15, 0.2) is 0 Å². The van der Waals surface area contributed by atoms with Gasteiger partial charge in [0, 0.05) is 6.42 Å². The maximum absolute atomic E-state index is 11.6. The van der Waals surface area contributed by atoms with E-state index in [-0.39, 0.29) is 11.6 Å². The number of benzene rings is 1. The second kappa shape index (κ2) is 8.57. The minimum Gasteiger partial charge on any atom is -0.325 e. The molecule has 0 aliphatic carbocycles. The first-order chi connectivity index (χ1) is 10.1. The SMILES string of the molecule is CCCCC(=O)Nc1ccc(NN=C(C#N)C#N)cc1Cl. The molecule has 1 aromatic rings. The van der Waals surface area contributed by atoms with Crippen LogP contribution in [0.3, 0.4) is 0 Å². The number of halogens is 1. The molecule has 0 radical (unpaired) electrons. The van der Waals surface area contributed by atoms with Crippen LogP contribution in [0.15, 0.2) is 23.3 Å². The zero-order chi connectivity index (χ0) is 15.7. The summed E-state index contributed by atoms with van der Waals surface area (Å²) in [4.78, 5) is 11.6. The maximum Gasteiger partial charge on any atom is 0.237 e. The Hall–Kier alpha value is -2.57. The van der Waals surface area contributed by atoms with E-state index < -0.39 is 0 Å². The molecule has 6 nitrogen and oxygen atoms in total. The number of unbranched alkanes of at least 4 members (excludes halogenated alkanes) is 1. The average Bonchev–Trinajstić information content (AvgIpc) is 2.48. The van der Waals surface area contributed by atoms with Crippen molar-refractivity contribution in [3.05, 3.63) is 23.2 Å². The van der Waals surface area contributed by atoms with Crippen molar-refractivity contribution in [2.45, 2.75) is 26.2 Å². The molecule has 1 rings (SSSR count). The van der Waals surface area contributed by atoms with Crippen molar-refractivity contribution < 1.29 is 4.79 Å². The van der Waals surface area contributed by atoms with Crippen LogP contribution in [0.1, 0.15) is 26.2 Å². The Morgan fingerprint density at radius 2 is 2.10 bits per heavy atom. The summed E-state index contributed by atoms with van der Waals surface area (Å²) in [5, 5.41) is 23.8. The van der Waals surface area contributed by atoms with E-state index in [1.807, 2.05) is 6.92 Å². The second-order valence-electron chi connectivity index (χ2n) is 4.14. The minimum absolute atomic E-state index is 0.0891. The highest BCUT2D eigenvalue weighted by molar-refractivity contribution is 6.34. The largest absolute Gasteiger partial charge is 0.325 e. The maximum atomic E-state index is 11.6. The van der Waals surface area contributed by atoms with Gasteiger partial charge in [0.05, 0.1) is 16.4 Å². The zero-order valence-electron chi connectivity index (χ0n) is 11.5. The molecule has 0 unspecified atom stereocenters. The summed E-state index contributed by atoms with van der Waals surface area (Å²) in [7, 11) is 0. The van der Waals surface area contributed by atoms with Crippen molar-refractivity contribution >= 4 is 34.6 Å². The summed E-state index contributed by atoms with van der Waals surface area (Å²) in [6, 6.07) is 8.07. The Labute approximate surface area is 128 Å². The van der Waals surface area contributed by atoms with Crippen molar-refractivity contribution in [1.29, 1.82) is 10.5 Å². The third-order valence-electron chi connectivity index (χ3n) is 2.51. The molecule has 0 aromatic heterocycles. The summed E-state index contributed by atoms with van der Waals surface area (Å²) >= 11 is 6.06. The highest BCUT2D eigenvalue weighted by Gasteiger charge is 2.06. The zero-order valence-corrected chi connectivity index (χ0v) is 12.2. The number of hydrogen-bond donors (Lipinski definition) is 2. The van der Waals surface area contributed by atoms with Crippen LogP contribution in [0, 0.1) is 22.7 Å². The lowest BCUT2D eigenvalue weighted by Gasteiger charge is -2.08. The van der Waals surface area contributed by atoms with E-state index in [0.29, 0.717) is 22.8 Å². The molecular weight excluding hydrogens is 290 g/mol. The molecule has 7 heteroatoms. The van der Waals surface area contributed by atoms with Gasteiger partial charge in [-0.15, -0.1) is 0 Å². The van der Waals surface area contributed by atoms with Gasteiger partial charge in [0.25, 0.3) is 0 Å². The van der Waals surface area contributed by atoms with Gasteiger partial charge >= 0.3 is 0 Å². The smallest absolute Gasteiger partial charge is 0.237 e. The Morgan fingerprint density at radius 1 is 1.38 bits per heavy atom. The molecule has 0 aliphatic rings. The van der Waals surface area contributed by atoms with Crippen LogP contribution in [0.4, 0.5) is 11.4 Å². The molecule has 0 bridgehead atoms. The lowest BCUT2D eigenvalue weighted by atomic mass is 10.2. The van der Waals surface area contributed by atoms with Crippen LogP contribution in [0.25, 0.3) is 0 Å². The molecule has 0 heterocycles. The van der Waals surface area contributed by atoms with Crippen molar-refractivity contribution in [2.24, 2.45) is 5.10 Å². The number of anilines is 2.